The Labute approximate surface area is 149 Å². The van der Waals surface area contributed by atoms with Crippen LogP contribution in [-0.4, -0.2) is 58.5 Å². The molecule has 7 nitrogen and oxygen atoms in total. The highest BCUT2D eigenvalue weighted by molar-refractivity contribution is 14.0. The van der Waals surface area contributed by atoms with E-state index in [1.165, 1.54) is 0 Å². The van der Waals surface area contributed by atoms with E-state index in [0.717, 1.165) is 51.1 Å². The third-order valence-electron chi connectivity index (χ3n) is 3.65. The molecule has 22 heavy (non-hydrogen) atoms. The molecular weight excluding hydrogens is 395 g/mol. The van der Waals surface area contributed by atoms with E-state index in [4.69, 9.17) is 4.74 Å². The maximum atomic E-state index is 5.53. The first-order valence-electron chi connectivity index (χ1n) is 7.68. The monoisotopic (exact) mass is 422 g/mol. The standard InChI is InChI=1S/C14H26N6O.HI/c1-4-15-14(16-8-13-17-11-18-19(13)3)20-7-6-12(9-20)10-21-5-2;/h11-12H,4-10H2,1-3H3,(H,15,16);1H. The predicted octanol–water partition coefficient (Wildman–Crippen LogP) is 1.26. The third kappa shape index (κ3) is 5.38. The van der Waals surface area contributed by atoms with Crippen LogP contribution in [0.2, 0.25) is 0 Å². The molecule has 0 radical (unpaired) electrons. The van der Waals surface area contributed by atoms with Gasteiger partial charge in [0, 0.05) is 39.2 Å². The van der Waals surface area contributed by atoms with Gasteiger partial charge < -0.3 is 15.0 Å². The van der Waals surface area contributed by atoms with Crippen LogP contribution in [0.3, 0.4) is 0 Å². The number of rotatable bonds is 6. The summed E-state index contributed by atoms with van der Waals surface area (Å²) in [5.74, 6) is 2.43. The van der Waals surface area contributed by atoms with Crippen molar-refractivity contribution in [1.82, 2.24) is 25.0 Å². The topological polar surface area (TPSA) is 67.6 Å². The van der Waals surface area contributed by atoms with Gasteiger partial charge in [-0.05, 0) is 20.3 Å². The van der Waals surface area contributed by atoms with Gasteiger partial charge in [-0.25, -0.2) is 9.98 Å². The number of ether oxygens (including phenoxy) is 1. The smallest absolute Gasteiger partial charge is 0.194 e. The molecule has 0 bridgehead atoms. The zero-order chi connectivity index (χ0) is 15.1. The predicted molar refractivity (Wildman–Crippen MR) is 97.4 cm³/mol. The quantitative estimate of drug-likeness (QED) is 0.425. The number of halogens is 1. The van der Waals surface area contributed by atoms with Crippen molar-refractivity contribution in [3.05, 3.63) is 12.2 Å². The minimum Gasteiger partial charge on any atom is -0.381 e. The first-order chi connectivity index (χ1) is 10.2. The molecule has 1 aromatic rings. The Hall–Kier alpha value is -0.900. The fourth-order valence-corrected chi connectivity index (χ4v) is 2.48. The molecule has 1 aromatic heterocycles. The number of aliphatic imine (C=N–C) groups is 1. The Kier molecular flexibility index (Phi) is 8.69. The second-order valence-electron chi connectivity index (χ2n) is 5.23. The molecule has 1 fully saturated rings. The number of aryl methyl sites for hydroxylation is 1. The lowest BCUT2D eigenvalue weighted by atomic mass is 10.1. The highest BCUT2D eigenvalue weighted by Gasteiger charge is 2.24. The van der Waals surface area contributed by atoms with Crippen molar-refractivity contribution >= 4 is 29.9 Å². The Bertz CT molecular complexity index is 464. The zero-order valence-electron chi connectivity index (χ0n) is 13.7. The third-order valence-corrected chi connectivity index (χ3v) is 3.65. The summed E-state index contributed by atoms with van der Waals surface area (Å²) in [6.07, 6.45) is 2.72. The van der Waals surface area contributed by atoms with E-state index in [9.17, 15) is 0 Å². The molecule has 2 rings (SSSR count). The first-order valence-corrected chi connectivity index (χ1v) is 7.68. The molecule has 0 spiro atoms. The lowest BCUT2D eigenvalue weighted by Gasteiger charge is -2.21. The Balaban J connectivity index is 0.00000242. The van der Waals surface area contributed by atoms with E-state index in [-0.39, 0.29) is 24.0 Å². The van der Waals surface area contributed by atoms with Gasteiger partial charge in [-0.15, -0.1) is 24.0 Å². The lowest BCUT2D eigenvalue weighted by Crippen LogP contribution is -2.40. The highest BCUT2D eigenvalue weighted by Crippen LogP contribution is 2.16. The number of nitrogens with one attached hydrogen (secondary N) is 1. The average molecular weight is 422 g/mol. The summed E-state index contributed by atoms with van der Waals surface area (Å²) < 4.78 is 7.29. The van der Waals surface area contributed by atoms with Crippen LogP contribution in [0.4, 0.5) is 0 Å². The summed E-state index contributed by atoms with van der Waals surface area (Å²) in [5, 5.41) is 7.43. The largest absolute Gasteiger partial charge is 0.381 e. The Morgan fingerprint density at radius 1 is 1.50 bits per heavy atom. The highest BCUT2D eigenvalue weighted by atomic mass is 127. The molecule has 1 N–H and O–H groups in total. The van der Waals surface area contributed by atoms with Crippen LogP contribution in [0.5, 0.6) is 0 Å². The SMILES string of the molecule is CCNC(=NCc1ncnn1C)N1CCC(COCC)C1.I. The molecular formula is C14H27IN6O. The summed E-state index contributed by atoms with van der Waals surface area (Å²) in [7, 11) is 1.89. The molecule has 0 aromatic carbocycles. The Morgan fingerprint density at radius 2 is 2.32 bits per heavy atom. The van der Waals surface area contributed by atoms with Crippen molar-refractivity contribution in [2.45, 2.75) is 26.8 Å². The van der Waals surface area contributed by atoms with Crippen LogP contribution in [0.15, 0.2) is 11.3 Å². The zero-order valence-corrected chi connectivity index (χ0v) is 16.0. The molecule has 0 aliphatic carbocycles. The maximum Gasteiger partial charge on any atom is 0.194 e. The number of likely N-dealkylation sites (tertiary alicyclic amines) is 1. The Morgan fingerprint density at radius 3 is 2.95 bits per heavy atom. The van der Waals surface area contributed by atoms with Gasteiger partial charge >= 0.3 is 0 Å². The fourth-order valence-electron chi connectivity index (χ4n) is 2.48. The van der Waals surface area contributed by atoms with Gasteiger partial charge in [-0.3, -0.25) is 4.68 Å². The van der Waals surface area contributed by atoms with Crippen LogP contribution in [-0.2, 0) is 18.3 Å². The number of nitrogens with zero attached hydrogens (tertiary/aromatic N) is 5. The summed E-state index contributed by atoms with van der Waals surface area (Å²) in [6.45, 7) is 9.21. The second-order valence-corrected chi connectivity index (χ2v) is 5.23. The van der Waals surface area contributed by atoms with Crippen LogP contribution in [0, 0.1) is 5.92 Å². The van der Waals surface area contributed by atoms with E-state index in [0.29, 0.717) is 12.5 Å². The summed E-state index contributed by atoms with van der Waals surface area (Å²) in [5.41, 5.74) is 0. The maximum absolute atomic E-state index is 5.53. The van der Waals surface area contributed by atoms with E-state index < -0.39 is 0 Å². The van der Waals surface area contributed by atoms with Crippen molar-refractivity contribution in [1.29, 1.82) is 0 Å². The van der Waals surface area contributed by atoms with E-state index in [2.05, 4.69) is 32.2 Å². The summed E-state index contributed by atoms with van der Waals surface area (Å²) >= 11 is 0. The molecule has 2 heterocycles. The van der Waals surface area contributed by atoms with E-state index >= 15 is 0 Å². The fraction of sp³-hybridized carbons (Fsp3) is 0.786. The first kappa shape index (κ1) is 19.1. The number of guanidine groups is 1. The molecule has 1 aliphatic heterocycles. The molecule has 1 unspecified atom stereocenters. The number of aromatic nitrogens is 3. The van der Waals surface area contributed by atoms with Crippen LogP contribution in [0.1, 0.15) is 26.1 Å². The van der Waals surface area contributed by atoms with Gasteiger partial charge in [-0.2, -0.15) is 5.10 Å². The van der Waals surface area contributed by atoms with Gasteiger partial charge in [-0.1, -0.05) is 0 Å². The van der Waals surface area contributed by atoms with Crippen molar-refractivity contribution in [2.75, 3.05) is 32.8 Å². The summed E-state index contributed by atoms with van der Waals surface area (Å²) in [6, 6.07) is 0. The molecule has 8 heteroatoms. The molecule has 0 amide bonds. The second kappa shape index (κ2) is 9.98. The van der Waals surface area contributed by atoms with Gasteiger partial charge in [0.25, 0.3) is 0 Å². The van der Waals surface area contributed by atoms with Gasteiger partial charge in [0.15, 0.2) is 5.96 Å². The van der Waals surface area contributed by atoms with Crippen LogP contribution in [0.25, 0.3) is 0 Å². The van der Waals surface area contributed by atoms with Gasteiger partial charge in [0.1, 0.15) is 18.7 Å². The van der Waals surface area contributed by atoms with Gasteiger partial charge in [0.05, 0.1) is 6.61 Å². The molecule has 126 valence electrons. The average Bonchev–Trinajstić information content (AvgIpc) is 3.10. The van der Waals surface area contributed by atoms with Crippen LogP contribution < -0.4 is 5.32 Å². The van der Waals surface area contributed by atoms with E-state index in [1.807, 2.05) is 14.0 Å². The van der Waals surface area contributed by atoms with Crippen molar-refractivity contribution in [3.63, 3.8) is 0 Å². The van der Waals surface area contributed by atoms with Crippen molar-refractivity contribution < 1.29 is 4.74 Å². The summed E-state index contributed by atoms with van der Waals surface area (Å²) in [4.78, 5) is 11.2. The molecule has 0 saturated carbocycles. The van der Waals surface area contributed by atoms with Crippen molar-refractivity contribution in [2.24, 2.45) is 18.0 Å². The number of hydrogen-bond donors (Lipinski definition) is 1. The molecule has 1 aliphatic rings. The number of hydrogen-bond acceptors (Lipinski definition) is 4. The normalized spacial score (nSPS) is 18.4. The minimum absolute atomic E-state index is 0. The lowest BCUT2D eigenvalue weighted by molar-refractivity contribution is 0.114. The molecule has 1 atom stereocenters. The van der Waals surface area contributed by atoms with Gasteiger partial charge in [0.2, 0.25) is 0 Å². The van der Waals surface area contributed by atoms with Crippen molar-refractivity contribution in [3.8, 4) is 0 Å². The minimum atomic E-state index is 0. The molecule has 1 saturated heterocycles. The van der Waals surface area contributed by atoms with E-state index in [1.54, 1.807) is 11.0 Å². The van der Waals surface area contributed by atoms with Crippen LogP contribution >= 0.6 is 24.0 Å².